The Bertz CT molecular complexity index is 455. The molecule has 1 saturated heterocycles. The molecule has 0 spiro atoms. The second-order valence-corrected chi connectivity index (χ2v) is 7.76. The molecule has 2 N–H and O–H groups in total. The maximum Gasteiger partial charge on any atom is 0.222 e. The van der Waals surface area contributed by atoms with Crippen LogP contribution in [0, 0.1) is 5.41 Å². The molecule has 1 heterocycles. The summed E-state index contributed by atoms with van der Waals surface area (Å²) in [6.45, 7) is 7.27. The summed E-state index contributed by atoms with van der Waals surface area (Å²) >= 11 is 0. The summed E-state index contributed by atoms with van der Waals surface area (Å²) in [4.78, 5) is 18.9. The zero-order chi connectivity index (χ0) is 18.7. The van der Waals surface area contributed by atoms with Crippen LogP contribution in [-0.4, -0.2) is 63.2 Å². The Hall–Kier alpha value is -0.570. The van der Waals surface area contributed by atoms with Gasteiger partial charge in [0.2, 0.25) is 5.91 Å². The van der Waals surface area contributed by atoms with Gasteiger partial charge < -0.3 is 20.3 Å². The van der Waals surface area contributed by atoms with Gasteiger partial charge in [0.15, 0.2) is 5.96 Å². The number of amides is 1. The lowest BCUT2D eigenvalue weighted by Crippen LogP contribution is -2.41. The third-order valence-electron chi connectivity index (χ3n) is 5.74. The molecular weight excluding hydrogens is 455 g/mol. The summed E-state index contributed by atoms with van der Waals surface area (Å²) in [5, 5.41) is 6.78. The van der Waals surface area contributed by atoms with Crippen LogP contribution < -0.4 is 10.6 Å². The first kappa shape index (κ1) is 24.5. The van der Waals surface area contributed by atoms with Gasteiger partial charge in [-0.25, -0.2) is 0 Å². The minimum absolute atomic E-state index is 0. The number of hydrogen-bond donors (Lipinski definition) is 2. The van der Waals surface area contributed by atoms with Crippen molar-refractivity contribution in [2.75, 3.05) is 46.4 Å². The van der Waals surface area contributed by atoms with Crippen LogP contribution in [0.5, 0.6) is 0 Å². The quantitative estimate of drug-likeness (QED) is 0.212. The molecule has 1 aliphatic heterocycles. The lowest BCUT2D eigenvalue weighted by Gasteiger charge is -2.40. The Morgan fingerprint density at radius 1 is 1.22 bits per heavy atom. The van der Waals surface area contributed by atoms with E-state index in [4.69, 9.17) is 9.73 Å². The maximum atomic E-state index is 12.0. The van der Waals surface area contributed by atoms with E-state index in [-0.39, 0.29) is 24.0 Å². The van der Waals surface area contributed by atoms with Crippen molar-refractivity contribution in [2.24, 2.45) is 10.4 Å². The molecule has 1 amide bonds. The molecule has 1 saturated carbocycles. The van der Waals surface area contributed by atoms with Crippen LogP contribution in [-0.2, 0) is 9.53 Å². The van der Waals surface area contributed by atoms with E-state index in [9.17, 15) is 4.79 Å². The SMILES string of the molecule is CCNC(=NCC1(CCOC)CCC1)NCCCN1CCCCCC1=O.I. The maximum absolute atomic E-state index is 12.0. The number of carbonyl (C=O) groups is 1. The van der Waals surface area contributed by atoms with E-state index in [2.05, 4.69) is 17.6 Å². The van der Waals surface area contributed by atoms with Crippen molar-refractivity contribution in [3.8, 4) is 0 Å². The monoisotopic (exact) mass is 494 g/mol. The van der Waals surface area contributed by atoms with Crippen molar-refractivity contribution in [1.29, 1.82) is 0 Å². The number of aliphatic imine (C=N–C) groups is 1. The molecule has 0 radical (unpaired) electrons. The Balaban J connectivity index is 0.00000364. The van der Waals surface area contributed by atoms with E-state index in [1.165, 1.54) is 25.7 Å². The van der Waals surface area contributed by atoms with Gasteiger partial charge in [-0.15, -0.1) is 24.0 Å². The average molecular weight is 494 g/mol. The smallest absolute Gasteiger partial charge is 0.222 e. The lowest BCUT2D eigenvalue weighted by atomic mass is 9.67. The largest absolute Gasteiger partial charge is 0.385 e. The third kappa shape index (κ3) is 8.54. The molecule has 2 fully saturated rings. The van der Waals surface area contributed by atoms with Crippen molar-refractivity contribution >= 4 is 35.8 Å². The minimum Gasteiger partial charge on any atom is -0.385 e. The molecule has 0 unspecified atom stereocenters. The second-order valence-electron chi connectivity index (χ2n) is 7.76. The first-order valence-corrected chi connectivity index (χ1v) is 10.5. The van der Waals surface area contributed by atoms with E-state index in [1.54, 1.807) is 7.11 Å². The van der Waals surface area contributed by atoms with Crippen LogP contribution in [0.25, 0.3) is 0 Å². The first-order chi connectivity index (χ1) is 12.7. The molecule has 7 heteroatoms. The minimum atomic E-state index is 0. The van der Waals surface area contributed by atoms with Gasteiger partial charge in [0.05, 0.1) is 0 Å². The molecule has 0 atom stereocenters. The number of halogens is 1. The van der Waals surface area contributed by atoms with Crippen molar-refractivity contribution in [3.05, 3.63) is 0 Å². The molecule has 27 heavy (non-hydrogen) atoms. The topological polar surface area (TPSA) is 66.0 Å². The molecule has 1 aliphatic carbocycles. The Kier molecular flexibility index (Phi) is 12.3. The molecular formula is C20H39IN4O2. The van der Waals surface area contributed by atoms with Crippen LogP contribution in [0.15, 0.2) is 4.99 Å². The molecule has 0 bridgehead atoms. The van der Waals surface area contributed by atoms with Crippen LogP contribution in [0.2, 0.25) is 0 Å². The Labute approximate surface area is 182 Å². The fraction of sp³-hybridized carbons (Fsp3) is 0.900. The number of guanidine groups is 1. The van der Waals surface area contributed by atoms with Crippen molar-refractivity contribution < 1.29 is 9.53 Å². The molecule has 0 aromatic rings. The number of carbonyl (C=O) groups excluding carboxylic acids is 1. The van der Waals surface area contributed by atoms with Crippen molar-refractivity contribution in [3.63, 3.8) is 0 Å². The zero-order valence-corrected chi connectivity index (χ0v) is 19.6. The van der Waals surface area contributed by atoms with Gasteiger partial charge in [-0.2, -0.15) is 0 Å². The van der Waals surface area contributed by atoms with Crippen LogP contribution >= 0.6 is 24.0 Å². The van der Waals surface area contributed by atoms with Crippen LogP contribution in [0.1, 0.15) is 64.7 Å². The third-order valence-corrected chi connectivity index (χ3v) is 5.74. The summed E-state index contributed by atoms with van der Waals surface area (Å²) in [6.07, 6.45) is 10.0. The summed E-state index contributed by atoms with van der Waals surface area (Å²) in [6, 6.07) is 0. The summed E-state index contributed by atoms with van der Waals surface area (Å²) in [5.41, 5.74) is 0.344. The standard InChI is InChI=1S/C20H38N4O2.HI/c1-3-21-19(23-17-20(10-7-11-20)12-16-26-2)22-13-8-15-24-14-6-4-5-9-18(24)25;/h3-17H2,1-2H3,(H2,21,22,23);1H. The summed E-state index contributed by atoms with van der Waals surface area (Å²) in [5.74, 6) is 1.23. The summed E-state index contributed by atoms with van der Waals surface area (Å²) < 4.78 is 5.27. The van der Waals surface area contributed by atoms with Crippen LogP contribution in [0.4, 0.5) is 0 Å². The molecule has 2 rings (SSSR count). The number of ether oxygens (including phenoxy) is 1. The number of rotatable bonds is 10. The van der Waals surface area contributed by atoms with Gasteiger partial charge >= 0.3 is 0 Å². The van der Waals surface area contributed by atoms with Gasteiger partial charge in [-0.05, 0) is 50.9 Å². The Morgan fingerprint density at radius 3 is 2.70 bits per heavy atom. The molecule has 0 aromatic heterocycles. The highest BCUT2D eigenvalue weighted by molar-refractivity contribution is 14.0. The molecule has 158 valence electrons. The fourth-order valence-electron chi connectivity index (χ4n) is 3.82. The summed E-state index contributed by atoms with van der Waals surface area (Å²) in [7, 11) is 1.77. The predicted molar refractivity (Wildman–Crippen MR) is 122 cm³/mol. The highest BCUT2D eigenvalue weighted by atomic mass is 127. The second kappa shape index (κ2) is 13.6. The average Bonchev–Trinajstić information content (AvgIpc) is 2.81. The predicted octanol–water partition coefficient (Wildman–Crippen LogP) is 3.16. The van der Waals surface area contributed by atoms with E-state index in [0.717, 1.165) is 77.4 Å². The zero-order valence-electron chi connectivity index (χ0n) is 17.2. The van der Waals surface area contributed by atoms with Gasteiger partial charge in [0.1, 0.15) is 0 Å². The fourth-order valence-corrected chi connectivity index (χ4v) is 3.82. The highest BCUT2D eigenvalue weighted by Gasteiger charge is 2.36. The Morgan fingerprint density at radius 2 is 2.04 bits per heavy atom. The van der Waals surface area contributed by atoms with E-state index in [1.807, 2.05) is 4.90 Å². The van der Waals surface area contributed by atoms with Gasteiger partial charge in [-0.1, -0.05) is 12.8 Å². The van der Waals surface area contributed by atoms with E-state index >= 15 is 0 Å². The molecule has 2 aliphatic rings. The van der Waals surface area contributed by atoms with Gasteiger partial charge in [-0.3, -0.25) is 9.79 Å². The normalized spacial score (nSPS) is 19.7. The first-order valence-electron chi connectivity index (χ1n) is 10.5. The number of methoxy groups -OCH3 is 1. The van der Waals surface area contributed by atoms with Gasteiger partial charge in [0.25, 0.3) is 0 Å². The highest BCUT2D eigenvalue weighted by Crippen LogP contribution is 2.44. The van der Waals surface area contributed by atoms with Crippen molar-refractivity contribution in [1.82, 2.24) is 15.5 Å². The molecule has 6 nitrogen and oxygen atoms in total. The number of hydrogen-bond acceptors (Lipinski definition) is 3. The lowest BCUT2D eigenvalue weighted by molar-refractivity contribution is -0.130. The van der Waals surface area contributed by atoms with Crippen molar-refractivity contribution in [2.45, 2.75) is 64.7 Å². The van der Waals surface area contributed by atoms with Gasteiger partial charge in [0, 0.05) is 52.9 Å². The number of nitrogens with one attached hydrogen (secondary N) is 2. The van der Waals surface area contributed by atoms with E-state index < -0.39 is 0 Å². The molecule has 0 aromatic carbocycles. The van der Waals surface area contributed by atoms with E-state index in [0.29, 0.717) is 11.3 Å². The number of nitrogens with zero attached hydrogens (tertiary/aromatic N) is 2. The number of likely N-dealkylation sites (tertiary alicyclic amines) is 1. The van der Waals surface area contributed by atoms with Crippen LogP contribution in [0.3, 0.4) is 0 Å².